The molecule has 0 aliphatic carbocycles. The molecule has 0 saturated heterocycles. The van der Waals surface area contributed by atoms with Gasteiger partial charge in [-0.1, -0.05) is 49.4 Å². The van der Waals surface area contributed by atoms with Crippen LogP contribution in [0.15, 0.2) is 54.7 Å². The Balaban J connectivity index is 1.84. The van der Waals surface area contributed by atoms with Crippen LogP contribution in [0.3, 0.4) is 0 Å². The summed E-state index contributed by atoms with van der Waals surface area (Å²) >= 11 is 0. The van der Waals surface area contributed by atoms with Crippen molar-refractivity contribution in [1.82, 2.24) is 9.55 Å². The van der Waals surface area contributed by atoms with Gasteiger partial charge in [-0.15, -0.1) is 0 Å². The Morgan fingerprint density at radius 2 is 1.67 bits per heavy atom. The highest BCUT2D eigenvalue weighted by molar-refractivity contribution is 5.97. The topological polar surface area (TPSA) is 70.4 Å². The van der Waals surface area contributed by atoms with Gasteiger partial charge in [0.25, 0.3) is 0 Å². The first-order valence-electron chi connectivity index (χ1n) is 11.4. The van der Waals surface area contributed by atoms with E-state index in [1.54, 1.807) is 19.2 Å². The van der Waals surface area contributed by atoms with E-state index in [1.165, 1.54) is 0 Å². The van der Waals surface area contributed by atoms with Gasteiger partial charge in [0.15, 0.2) is 5.69 Å². The molecule has 0 aliphatic rings. The third-order valence-electron chi connectivity index (χ3n) is 4.98. The average Bonchev–Trinajstić information content (AvgIpc) is 3.16. The van der Waals surface area contributed by atoms with Crippen LogP contribution in [-0.2, 0) is 22.4 Å². The van der Waals surface area contributed by atoms with Crippen molar-refractivity contribution in [2.45, 2.75) is 59.6 Å². The Morgan fingerprint density at radius 3 is 2.30 bits per heavy atom. The van der Waals surface area contributed by atoms with E-state index < -0.39 is 11.6 Å². The third kappa shape index (κ3) is 6.31. The number of aromatic nitrogens is 2. The Morgan fingerprint density at radius 1 is 0.970 bits per heavy atom. The molecule has 0 amide bonds. The summed E-state index contributed by atoms with van der Waals surface area (Å²) in [5, 5.41) is 0. The van der Waals surface area contributed by atoms with Crippen molar-refractivity contribution in [3.05, 3.63) is 77.4 Å². The number of esters is 2. The molecular formula is C27H32N2O4. The van der Waals surface area contributed by atoms with Gasteiger partial charge < -0.3 is 14.0 Å². The molecule has 174 valence electrons. The standard InChI is InChI=1S/C27H32N2O4/c1-6-10-24-28-23(26(31)32-7-2)18-29(24)17-19-13-15-20(16-14-19)21-11-8-9-12-22(21)25(30)33-27(3,4)5/h8-9,11-16,18H,6-7,10,17H2,1-5H3. The lowest BCUT2D eigenvalue weighted by Gasteiger charge is -2.20. The van der Waals surface area contributed by atoms with Crippen LogP contribution in [0.4, 0.5) is 0 Å². The highest BCUT2D eigenvalue weighted by atomic mass is 16.6. The zero-order valence-electron chi connectivity index (χ0n) is 20.1. The smallest absolute Gasteiger partial charge is 0.358 e. The first-order chi connectivity index (χ1) is 15.7. The number of rotatable bonds is 8. The lowest BCUT2D eigenvalue weighted by molar-refractivity contribution is 0.00702. The first kappa shape index (κ1) is 24.2. The van der Waals surface area contributed by atoms with Crippen LogP contribution in [0.2, 0.25) is 0 Å². The molecule has 6 nitrogen and oxygen atoms in total. The summed E-state index contributed by atoms with van der Waals surface area (Å²) in [7, 11) is 0. The summed E-state index contributed by atoms with van der Waals surface area (Å²) in [5.74, 6) is 0.124. The highest BCUT2D eigenvalue weighted by Gasteiger charge is 2.21. The van der Waals surface area contributed by atoms with E-state index in [0.717, 1.165) is 35.4 Å². The number of hydrogen-bond donors (Lipinski definition) is 0. The Hall–Kier alpha value is -3.41. The molecule has 0 unspecified atom stereocenters. The number of nitrogens with zero attached hydrogens (tertiary/aromatic N) is 2. The summed E-state index contributed by atoms with van der Waals surface area (Å²) < 4.78 is 12.7. The third-order valence-corrected chi connectivity index (χ3v) is 4.98. The van der Waals surface area contributed by atoms with Gasteiger partial charge in [0, 0.05) is 19.2 Å². The number of ether oxygens (including phenoxy) is 2. The first-order valence-corrected chi connectivity index (χ1v) is 11.4. The lowest BCUT2D eigenvalue weighted by atomic mass is 9.98. The van der Waals surface area contributed by atoms with Crippen LogP contribution >= 0.6 is 0 Å². The molecule has 0 N–H and O–H groups in total. The molecule has 3 rings (SSSR count). The Kier molecular flexibility index (Phi) is 7.69. The van der Waals surface area contributed by atoms with Crippen molar-refractivity contribution >= 4 is 11.9 Å². The molecule has 0 saturated carbocycles. The van der Waals surface area contributed by atoms with Gasteiger partial charge in [0.1, 0.15) is 11.4 Å². The van der Waals surface area contributed by atoms with Crippen LogP contribution < -0.4 is 0 Å². The van der Waals surface area contributed by atoms with E-state index in [0.29, 0.717) is 24.4 Å². The molecule has 0 atom stereocenters. The van der Waals surface area contributed by atoms with Crippen molar-refractivity contribution in [2.75, 3.05) is 6.61 Å². The molecule has 0 radical (unpaired) electrons. The minimum absolute atomic E-state index is 0.320. The van der Waals surface area contributed by atoms with E-state index in [-0.39, 0.29) is 5.97 Å². The fourth-order valence-electron chi connectivity index (χ4n) is 3.55. The molecule has 0 fully saturated rings. The molecule has 1 aromatic heterocycles. The summed E-state index contributed by atoms with van der Waals surface area (Å²) in [6, 6.07) is 15.5. The average molecular weight is 449 g/mol. The SMILES string of the molecule is CCCc1nc(C(=O)OCC)cn1Cc1ccc(-c2ccccc2C(=O)OC(C)(C)C)cc1. The molecule has 33 heavy (non-hydrogen) atoms. The van der Waals surface area contributed by atoms with Crippen LogP contribution in [0, 0.1) is 0 Å². The van der Waals surface area contributed by atoms with Gasteiger partial charge in [-0.05, 0) is 56.9 Å². The van der Waals surface area contributed by atoms with Crippen LogP contribution in [0.5, 0.6) is 0 Å². The number of carbonyl (C=O) groups excluding carboxylic acids is 2. The lowest BCUT2D eigenvalue weighted by Crippen LogP contribution is -2.24. The van der Waals surface area contributed by atoms with Crippen molar-refractivity contribution in [3.63, 3.8) is 0 Å². The van der Waals surface area contributed by atoms with Crippen LogP contribution in [0.1, 0.15) is 73.3 Å². The van der Waals surface area contributed by atoms with Gasteiger partial charge in [-0.2, -0.15) is 0 Å². The van der Waals surface area contributed by atoms with Crippen molar-refractivity contribution in [1.29, 1.82) is 0 Å². The summed E-state index contributed by atoms with van der Waals surface area (Å²) in [5.41, 5.74) is 3.15. The molecule has 2 aromatic carbocycles. The summed E-state index contributed by atoms with van der Waals surface area (Å²) in [6.07, 6.45) is 3.47. The number of imidazole rings is 1. The summed E-state index contributed by atoms with van der Waals surface area (Å²) in [6.45, 7) is 10.4. The molecule has 0 bridgehead atoms. The molecule has 3 aromatic rings. The molecule has 6 heteroatoms. The van der Waals surface area contributed by atoms with Crippen molar-refractivity contribution < 1.29 is 19.1 Å². The maximum atomic E-state index is 12.7. The minimum Gasteiger partial charge on any atom is -0.461 e. The fraction of sp³-hybridized carbons (Fsp3) is 0.370. The molecule has 0 spiro atoms. The van der Waals surface area contributed by atoms with Crippen molar-refractivity contribution in [2.24, 2.45) is 0 Å². The van der Waals surface area contributed by atoms with Gasteiger partial charge in [-0.25, -0.2) is 14.6 Å². The highest BCUT2D eigenvalue weighted by Crippen LogP contribution is 2.26. The maximum Gasteiger partial charge on any atom is 0.358 e. The second-order valence-electron chi connectivity index (χ2n) is 8.89. The largest absolute Gasteiger partial charge is 0.461 e. The van der Waals surface area contributed by atoms with Crippen molar-refractivity contribution in [3.8, 4) is 11.1 Å². The van der Waals surface area contributed by atoms with Crippen LogP contribution in [0.25, 0.3) is 11.1 Å². The quantitative estimate of drug-likeness (QED) is 0.415. The van der Waals surface area contributed by atoms with E-state index in [4.69, 9.17) is 9.47 Å². The van der Waals surface area contributed by atoms with Gasteiger partial charge >= 0.3 is 11.9 Å². The van der Waals surface area contributed by atoms with Gasteiger partial charge in [0.05, 0.1) is 12.2 Å². The summed E-state index contributed by atoms with van der Waals surface area (Å²) in [4.78, 5) is 29.3. The normalized spacial score (nSPS) is 11.3. The Bertz CT molecular complexity index is 1110. The zero-order chi connectivity index (χ0) is 24.0. The monoisotopic (exact) mass is 448 g/mol. The number of carbonyl (C=O) groups is 2. The van der Waals surface area contributed by atoms with Gasteiger partial charge in [-0.3, -0.25) is 0 Å². The minimum atomic E-state index is -0.558. The van der Waals surface area contributed by atoms with E-state index in [2.05, 4.69) is 11.9 Å². The van der Waals surface area contributed by atoms with Gasteiger partial charge in [0.2, 0.25) is 0 Å². The molecule has 0 aliphatic heterocycles. The molecule has 1 heterocycles. The van der Waals surface area contributed by atoms with E-state index in [9.17, 15) is 9.59 Å². The number of hydrogen-bond acceptors (Lipinski definition) is 5. The number of aryl methyl sites for hydroxylation is 1. The van der Waals surface area contributed by atoms with E-state index in [1.807, 2.05) is 67.8 Å². The van der Waals surface area contributed by atoms with E-state index >= 15 is 0 Å². The van der Waals surface area contributed by atoms with Crippen LogP contribution in [-0.4, -0.2) is 33.7 Å². The molecular weight excluding hydrogens is 416 g/mol. The number of benzene rings is 2. The second kappa shape index (κ2) is 10.5. The Labute approximate surface area is 195 Å². The zero-order valence-corrected chi connectivity index (χ0v) is 20.1. The predicted molar refractivity (Wildman–Crippen MR) is 128 cm³/mol. The predicted octanol–water partition coefficient (Wildman–Crippen LogP) is 5.68. The fourth-order valence-corrected chi connectivity index (χ4v) is 3.55. The second-order valence-corrected chi connectivity index (χ2v) is 8.89. The maximum absolute atomic E-state index is 12.7.